The maximum atomic E-state index is 5.73. The summed E-state index contributed by atoms with van der Waals surface area (Å²) in [5.74, 6) is 3.19. The molecule has 0 fully saturated rings. The lowest BCUT2D eigenvalue weighted by Crippen LogP contribution is -2.40. The number of fused-ring (bicyclic) bond motifs is 1. The zero-order valence-electron chi connectivity index (χ0n) is 15.7. The van der Waals surface area contributed by atoms with Gasteiger partial charge in [-0.25, -0.2) is 0 Å². The SMILES string of the molecule is CN=C(NCCCOc1ccccc1)NCC1CCOc2ccccc21.I. The molecule has 0 aliphatic carbocycles. The van der Waals surface area contributed by atoms with Crippen LogP contribution in [0.25, 0.3) is 0 Å². The molecule has 1 aliphatic heterocycles. The van der Waals surface area contributed by atoms with Gasteiger partial charge in [-0.05, 0) is 36.6 Å². The molecule has 146 valence electrons. The van der Waals surface area contributed by atoms with Crippen molar-refractivity contribution in [2.45, 2.75) is 18.8 Å². The smallest absolute Gasteiger partial charge is 0.191 e. The molecule has 1 aliphatic rings. The van der Waals surface area contributed by atoms with Crippen LogP contribution in [0.3, 0.4) is 0 Å². The number of para-hydroxylation sites is 2. The van der Waals surface area contributed by atoms with Crippen LogP contribution in [0, 0.1) is 0 Å². The Hall–Kier alpha value is -1.96. The van der Waals surface area contributed by atoms with E-state index in [-0.39, 0.29) is 24.0 Å². The molecule has 5 nitrogen and oxygen atoms in total. The molecule has 2 aromatic carbocycles. The van der Waals surface area contributed by atoms with Crippen LogP contribution in [0.15, 0.2) is 59.6 Å². The van der Waals surface area contributed by atoms with Gasteiger partial charge in [0, 0.05) is 26.1 Å². The van der Waals surface area contributed by atoms with Gasteiger partial charge in [0.15, 0.2) is 5.96 Å². The molecule has 0 saturated carbocycles. The summed E-state index contributed by atoms with van der Waals surface area (Å²) in [4.78, 5) is 4.31. The van der Waals surface area contributed by atoms with Crippen LogP contribution in [-0.2, 0) is 0 Å². The van der Waals surface area contributed by atoms with E-state index in [1.807, 2.05) is 42.5 Å². The summed E-state index contributed by atoms with van der Waals surface area (Å²) in [5, 5.41) is 6.78. The third-order valence-corrected chi connectivity index (χ3v) is 4.45. The van der Waals surface area contributed by atoms with Crippen molar-refractivity contribution in [3.8, 4) is 11.5 Å². The van der Waals surface area contributed by atoms with E-state index in [1.165, 1.54) is 5.56 Å². The summed E-state index contributed by atoms with van der Waals surface area (Å²) in [6.07, 6.45) is 1.93. The Kier molecular flexibility index (Phi) is 9.24. The maximum Gasteiger partial charge on any atom is 0.191 e. The van der Waals surface area contributed by atoms with Crippen molar-refractivity contribution in [1.29, 1.82) is 0 Å². The zero-order chi connectivity index (χ0) is 18.0. The second kappa shape index (κ2) is 11.7. The number of rotatable bonds is 7. The Labute approximate surface area is 178 Å². The maximum absolute atomic E-state index is 5.73. The molecule has 2 aromatic rings. The zero-order valence-corrected chi connectivity index (χ0v) is 18.0. The van der Waals surface area contributed by atoms with Gasteiger partial charge in [0.1, 0.15) is 11.5 Å². The van der Waals surface area contributed by atoms with Crippen LogP contribution in [-0.4, -0.2) is 39.3 Å². The molecule has 3 rings (SSSR count). The predicted molar refractivity (Wildman–Crippen MR) is 121 cm³/mol. The molecule has 6 heteroatoms. The van der Waals surface area contributed by atoms with E-state index in [0.29, 0.717) is 12.5 Å². The molecule has 1 atom stereocenters. The van der Waals surface area contributed by atoms with E-state index in [4.69, 9.17) is 9.47 Å². The Bertz CT molecular complexity index is 710. The highest BCUT2D eigenvalue weighted by Crippen LogP contribution is 2.32. The third kappa shape index (κ3) is 6.61. The van der Waals surface area contributed by atoms with Crippen LogP contribution in [0.4, 0.5) is 0 Å². The summed E-state index contributed by atoms with van der Waals surface area (Å²) >= 11 is 0. The number of ether oxygens (including phenoxy) is 2. The van der Waals surface area contributed by atoms with Gasteiger partial charge >= 0.3 is 0 Å². The fourth-order valence-electron chi connectivity index (χ4n) is 3.05. The van der Waals surface area contributed by atoms with E-state index in [0.717, 1.165) is 50.0 Å². The van der Waals surface area contributed by atoms with Crippen LogP contribution >= 0.6 is 24.0 Å². The summed E-state index contributed by atoms with van der Waals surface area (Å²) in [5.41, 5.74) is 1.28. The van der Waals surface area contributed by atoms with Crippen molar-refractivity contribution in [2.24, 2.45) is 4.99 Å². The number of halogens is 1. The number of nitrogens with zero attached hydrogens (tertiary/aromatic N) is 1. The van der Waals surface area contributed by atoms with E-state index >= 15 is 0 Å². The third-order valence-electron chi connectivity index (χ3n) is 4.45. The van der Waals surface area contributed by atoms with Gasteiger partial charge in [-0.3, -0.25) is 4.99 Å². The molecule has 0 bridgehead atoms. The normalized spacial score (nSPS) is 15.7. The fourth-order valence-corrected chi connectivity index (χ4v) is 3.05. The lowest BCUT2D eigenvalue weighted by Gasteiger charge is -2.26. The first-order chi connectivity index (χ1) is 12.9. The van der Waals surface area contributed by atoms with Crippen LogP contribution < -0.4 is 20.1 Å². The number of nitrogens with one attached hydrogen (secondary N) is 2. The summed E-state index contributed by atoms with van der Waals surface area (Å²) in [6, 6.07) is 18.2. The number of benzene rings is 2. The summed E-state index contributed by atoms with van der Waals surface area (Å²) in [7, 11) is 1.80. The largest absolute Gasteiger partial charge is 0.494 e. The quantitative estimate of drug-likeness (QED) is 0.274. The second-order valence-electron chi connectivity index (χ2n) is 6.27. The van der Waals surface area contributed by atoms with Crippen LogP contribution in [0.5, 0.6) is 11.5 Å². The molecular formula is C21H28IN3O2. The van der Waals surface area contributed by atoms with Gasteiger partial charge in [0.2, 0.25) is 0 Å². The topological polar surface area (TPSA) is 54.9 Å². The molecule has 27 heavy (non-hydrogen) atoms. The molecule has 0 spiro atoms. The lowest BCUT2D eigenvalue weighted by atomic mass is 9.93. The molecule has 2 N–H and O–H groups in total. The van der Waals surface area contributed by atoms with Gasteiger partial charge in [0.05, 0.1) is 13.2 Å². The minimum atomic E-state index is 0. The van der Waals surface area contributed by atoms with Gasteiger partial charge < -0.3 is 20.1 Å². The molecule has 0 saturated heterocycles. The van der Waals surface area contributed by atoms with E-state index in [9.17, 15) is 0 Å². The van der Waals surface area contributed by atoms with Crippen molar-refractivity contribution < 1.29 is 9.47 Å². The minimum Gasteiger partial charge on any atom is -0.494 e. The first kappa shape index (κ1) is 21.3. The van der Waals surface area contributed by atoms with Crippen LogP contribution in [0.2, 0.25) is 0 Å². The highest BCUT2D eigenvalue weighted by Gasteiger charge is 2.20. The molecule has 0 aromatic heterocycles. The van der Waals surface area contributed by atoms with Crippen LogP contribution in [0.1, 0.15) is 24.3 Å². The molecular weight excluding hydrogens is 453 g/mol. The van der Waals surface area contributed by atoms with Gasteiger partial charge in [0.25, 0.3) is 0 Å². The van der Waals surface area contributed by atoms with Gasteiger partial charge in [-0.2, -0.15) is 0 Å². The number of guanidine groups is 1. The van der Waals surface area contributed by atoms with Gasteiger partial charge in [-0.1, -0.05) is 36.4 Å². The molecule has 1 heterocycles. The van der Waals surface area contributed by atoms with Crippen molar-refractivity contribution in [1.82, 2.24) is 10.6 Å². The predicted octanol–water partition coefficient (Wildman–Crippen LogP) is 3.80. The Morgan fingerprint density at radius 1 is 1.11 bits per heavy atom. The highest BCUT2D eigenvalue weighted by atomic mass is 127. The first-order valence-electron chi connectivity index (χ1n) is 9.21. The van der Waals surface area contributed by atoms with E-state index in [1.54, 1.807) is 7.05 Å². The van der Waals surface area contributed by atoms with E-state index < -0.39 is 0 Å². The number of hydrogen-bond acceptors (Lipinski definition) is 3. The monoisotopic (exact) mass is 481 g/mol. The molecule has 0 radical (unpaired) electrons. The second-order valence-corrected chi connectivity index (χ2v) is 6.27. The van der Waals surface area contributed by atoms with E-state index in [2.05, 4.69) is 27.8 Å². The summed E-state index contributed by atoms with van der Waals surface area (Å²) < 4.78 is 11.4. The summed E-state index contributed by atoms with van der Waals surface area (Å²) in [6.45, 7) is 3.12. The van der Waals surface area contributed by atoms with Gasteiger partial charge in [-0.15, -0.1) is 24.0 Å². The van der Waals surface area contributed by atoms with Crippen molar-refractivity contribution >= 4 is 29.9 Å². The highest BCUT2D eigenvalue weighted by molar-refractivity contribution is 14.0. The molecule has 0 amide bonds. The average Bonchev–Trinajstić information content (AvgIpc) is 2.71. The standard InChI is InChI=1S/C21H27N3O2.HI/c1-22-21(23-13-7-14-25-18-8-3-2-4-9-18)24-16-17-12-15-26-20-11-6-5-10-19(17)20;/h2-6,8-11,17H,7,12-16H2,1H3,(H2,22,23,24);1H. The number of aliphatic imine (C=N–C) groups is 1. The average molecular weight is 481 g/mol. The number of hydrogen-bond donors (Lipinski definition) is 2. The van der Waals surface area contributed by atoms with Crippen molar-refractivity contribution in [3.05, 3.63) is 60.2 Å². The molecule has 1 unspecified atom stereocenters. The van der Waals surface area contributed by atoms with Crippen molar-refractivity contribution in [3.63, 3.8) is 0 Å². The lowest BCUT2D eigenvalue weighted by molar-refractivity contribution is 0.267. The Balaban J connectivity index is 0.00000261. The Morgan fingerprint density at radius 2 is 1.89 bits per heavy atom. The fraction of sp³-hybridized carbons (Fsp3) is 0.381. The first-order valence-corrected chi connectivity index (χ1v) is 9.21. The van der Waals surface area contributed by atoms with Crippen molar-refractivity contribution in [2.75, 3.05) is 33.4 Å². The minimum absolute atomic E-state index is 0. The Morgan fingerprint density at radius 3 is 2.70 bits per heavy atom.